The van der Waals surface area contributed by atoms with Gasteiger partial charge in [-0.3, -0.25) is 4.79 Å². The summed E-state index contributed by atoms with van der Waals surface area (Å²) in [4.78, 5) is 19.3. The molecule has 1 amide bonds. The lowest BCUT2D eigenvalue weighted by Gasteiger charge is -2.25. The molecule has 1 aromatic heterocycles. The fourth-order valence-corrected chi connectivity index (χ4v) is 3.90. The number of likely N-dealkylation sites (N-methyl/N-ethyl adjacent to an activating group) is 1. The summed E-state index contributed by atoms with van der Waals surface area (Å²) in [7, 11) is 0. The average molecular weight is 375 g/mol. The van der Waals surface area contributed by atoms with E-state index in [4.69, 9.17) is 9.47 Å². The predicted octanol–water partition coefficient (Wildman–Crippen LogP) is 4.37. The SMILES string of the molecule is CCC(CC)CN(CC)C(=O)Cc1csc(-c2ccc3c(c2)OCO3)n1. The van der Waals surface area contributed by atoms with E-state index in [0.29, 0.717) is 12.3 Å². The predicted molar refractivity (Wildman–Crippen MR) is 104 cm³/mol. The first-order chi connectivity index (χ1) is 12.6. The molecule has 1 aromatic carbocycles. The molecule has 5 nitrogen and oxygen atoms in total. The minimum absolute atomic E-state index is 0.155. The molecule has 0 N–H and O–H groups in total. The van der Waals surface area contributed by atoms with Crippen LogP contribution in [0.1, 0.15) is 39.3 Å². The number of hydrogen-bond donors (Lipinski definition) is 0. The number of amides is 1. The van der Waals surface area contributed by atoms with Crippen molar-refractivity contribution in [1.29, 1.82) is 0 Å². The lowest BCUT2D eigenvalue weighted by molar-refractivity contribution is -0.131. The van der Waals surface area contributed by atoms with Gasteiger partial charge in [0.1, 0.15) is 5.01 Å². The molecule has 0 unspecified atom stereocenters. The molecule has 0 bridgehead atoms. The Morgan fingerprint density at radius 1 is 1.23 bits per heavy atom. The van der Waals surface area contributed by atoms with Crippen molar-refractivity contribution >= 4 is 17.2 Å². The molecule has 0 spiro atoms. The molecular weight excluding hydrogens is 348 g/mol. The third-order valence-corrected chi connectivity index (χ3v) is 5.81. The molecule has 0 saturated heterocycles. The Hall–Kier alpha value is -2.08. The molecule has 140 valence electrons. The summed E-state index contributed by atoms with van der Waals surface area (Å²) in [6.07, 6.45) is 2.56. The zero-order valence-electron chi connectivity index (χ0n) is 15.7. The number of benzene rings is 1. The molecule has 1 aliphatic rings. The molecule has 2 aromatic rings. The fourth-order valence-electron chi connectivity index (χ4n) is 3.08. The van der Waals surface area contributed by atoms with E-state index in [1.807, 2.05) is 35.4 Å². The summed E-state index contributed by atoms with van der Waals surface area (Å²) < 4.78 is 10.8. The third-order valence-electron chi connectivity index (χ3n) is 4.87. The van der Waals surface area contributed by atoms with E-state index in [2.05, 4.69) is 18.8 Å². The standard InChI is InChI=1S/C20H26N2O3S/c1-4-14(5-2)11-22(6-3)19(23)10-16-12-26-20(21-16)15-7-8-17-18(9-15)25-13-24-17/h7-9,12,14H,4-6,10-11,13H2,1-3H3. The second-order valence-electron chi connectivity index (χ2n) is 6.50. The van der Waals surface area contributed by atoms with Crippen LogP contribution in [-0.2, 0) is 11.2 Å². The zero-order chi connectivity index (χ0) is 18.5. The van der Waals surface area contributed by atoms with Gasteiger partial charge in [-0.25, -0.2) is 4.98 Å². The topological polar surface area (TPSA) is 51.7 Å². The Bertz CT molecular complexity index is 755. The van der Waals surface area contributed by atoms with E-state index in [1.165, 1.54) is 0 Å². The number of aromatic nitrogens is 1. The van der Waals surface area contributed by atoms with Crippen molar-refractivity contribution in [2.45, 2.75) is 40.0 Å². The maximum absolute atomic E-state index is 12.7. The highest BCUT2D eigenvalue weighted by Gasteiger charge is 2.19. The second-order valence-corrected chi connectivity index (χ2v) is 7.36. The van der Waals surface area contributed by atoms with Crippen LogP contribution in [0.25, 0.3) is 10.6 Å². The molecule has 0 saturated carbocycles. The first-order valence-corrected chi connectivity index (χ1v) is 10.1. The van der Waals surface area contributed by atoms with E-state index in [-0.39, 0.29) is 12.7 Å². The van der Waals surface area contributed by atoms with Crippen molar-refractivity contribution in [3.05, 3.63) is 29.3 Å². The van der Waals surface area contributed by atoms with Crippen LogP contribution in [0, 0.1) is 5.92 Å². The first-order valence-electron chi connectivity index (χ1n) is 9.26. The van der Waals surface area contributed by atoms with Gasteiger partial charge in [0, 0.05) is 24.0 Å². The van der Waals surface area contributed by atoms with Crippen LogP contribution in [0.2, 0.25) is 0 Å². The molecular formula is C20H26N2O3S. The number of carbonyl (C=O) groups excluding carboxylic acids is 1. The van der Waals surface area contributed by atoms with E-state index < -0.39 is 0 Å². The van der Waals surface area contributed by atoms with Gasteiger partial charge in [0.05, 0.1) is 12.1 Å². The van der Waals surface area contributed by atoms with Crippen molar-refractivity contribution in [2.24, 2.45) is 5.92 Å². The van der Waals surface area contributed by atoms with Gasteiger partial charge in [-0.15, -0.1) is 11.3 Å². The van der Waals surface area contributed by atoms with E-state index in [9.17, 15) is 4.79 Å². The minimum atomic E-state index is 0.155. The Morgan fingerprint density at radius 3 is 2.73 bits per heavy atom. The van der Waals surface area contributed by atoms with Gasteiger partial charge < -0.3 is 14.4 Å². The van der Waals surface area contributed by atoms with Crippen LogP contribution in [0.3, 0.4) is 0 Å². The van der Waals surface area contributed by atoms with Crippen molar-refractivity contribution in [3.8, 4) is 22.1 Å². The summed E-state index contributed by atoms with van der Waals surface area (Å²) in [6.45, 7) is 8.25. The van der Waals surface area contributed by atoms with Gasteiger partial charge in [0.15, 0.2) is 11.5 Å². The Morgan fingerprint density at radius 2 is 2.00 bits per heavy atom. The number of carbonyl (C=O) groups is 1. The summed E-state index contributed by atoms with van der Waals surface area (Å²) in [5.74, 6) is 2.24. The fraction of sp³-hybridized carbons (Fsp3) is 0.500. The number of hydrogen-bond acceptors (Lipinski definition) is 5. The quantitative estimate of drug-likeness (QED) is 0.689. The molecule has 3 rings (SSSR count). The smallest absolute Gasteiger partial charge is 0.231 e. The highest BCUT2D eigenvalue weighted by Crippen LogP contribution is 2.36. The monoisotopic (exact) mass is 374 g/mol. The molecule has 0 aliphatic carbocycles. The van der Waals surface area contributed by atoms with Gasteiger partial charge in [-0.05, 0) is 31.0 Å². The van der Waals surface area contributed by atoms with Crippen LogP contribution in [-0.4, -0.2) is 35.7 Å². The van der Waals surface area contributed by atoms with Gasteiger partial charge in [0.25, 0.3) is 0 Å². The molecule has 2 heterocycles. The summed E-state index contributed by atoms with van der Waals surface area (Å²) in [5, 5.41) is 2.87. The number of thiazole rings is 1. The lowest BCUT2D eigenvalue weighted by Crippen LogP contribution is -2.36. The highest BCUT2D eigenvalue weighted by molar-refractivity contribution is 7.13. The number of nitrogens with zero attached hydrogens (tertiary/aromatic N) is 2. The van der Waals surface area contributed by atoms with Crippen molar-refractivity contribution in [3.63, 3.8) is 0 Å². The Balaban J connectivity index is 1.66. The molecule has 0 radical (unpaired) electrons. The second kappa shape index (κ2) is 8.54. The van der Waals surface area contributed by atoms with Crippen LogP contribution < -0.4 is 9.47 Å². The van der Waals surface area contributed by atoms with Crippen LogP contribution in [0.5, 0.6) is 11.5 Å². The normalized spacial score (nSPS) is 12.6. The largest absolute Gasteiger partial charge is 0.454 e. The third kappa shape index (κ3) is 4.18. The van der Waals surface area contributed by atoms with Gasteiger partial charge in [0.2, 0.25) is 12.7 Å². The average Bonchev–Trinajstić information content (AvgIpc) is 3.31. The molecule has 0 atom stereocenters. The maximum Gasteiger partial charge on any atom is 0.231 e. The molecule has 0 fully saturated rings. The maximum atomic E-state index is 12.7. The summed E-state index contributed by atoms with van der Waals surface area (Å²) >= 11 is 1.55. The van der Waals surface area contributed by atoms with Crippen LogP contribution in [0.15, 0.2) is 23.6 Å². The molecule has 26 heavy (non-hydrogen) atoms. The lowest BCUT2D eigenvalue weighted by atomic mass is 10.0. The highest BCUT2D eigenvalue weighted by atomic mass is 32.1. The van der Waals surface area contributed by atoms with Crippen molar-refractivity contribution in [1.82, 2.24) is 9.88 Å². The number of ether oxygens (including phenoxy) is 2. The zero-order valence-corrected chi connectivity index (χ0v) is 16.5. The number of rotatable bonds is 8. The van der Waals surface area contributed by atoms with Crippen LogP contribution in [0.4, 0.5) is 0 Å². The van der Waals surface area contributed by atoms with Gasteiger partial charge in [-0.2, -0.15) is 0 Å². The molecule has 1 aliphatic heterocycles. The van der Waals surface area contributed by atoms with Gasteiger partial charge >= 0.3 is 0 Å². The Labute approximate surface area is 159 Å². The molecule has 6 heteroatoms. The van der Waals surface area contributed by atoms with E-state index >= 15 is 0 Å². The van der Waals surface area contributed by atoms with Gasteiger partial charge in [-0.1, -0.05) is 26.7 Å². The summed E-state index contributed by atoms with van der Waals surface area (Å²) in [6, 6.07) is 5.82. The van der Waals surface area contributed by atoms with Crippen molar-refractivity contribution < 1.29 is 14.3 Å². The first kappa shape index (κ1) is 18.7. The Kier molecular flexibility index (Phi) is 6.14. The van der Waals surface area contributed by atoms with E-state index in [0.717, 1.165) is 53.7 Å². The van der Waals surface area contributed by atoms with Crippen LogP contribution >= 0.6 is 11.3 Å². The number of fused-ring (bicyclic) bond motifs is 1. The minimum Gasteiger partial charge on any atom is -0.454 e. The summed E-state index contributed by atoms with van der Waals surface area (Å²) in [5.41, 5.74) is 1.82. The van der Waals surface area contributed by atoms with Crippen molar-refractivity contribution in [2.75, 3.05) is 19.9 Å². The van der Waals surface area contributed by atoms with E-state index in [1.54, 1.807) is 11.3 Å².